The summed E-state index contributed by atoms with van der Waals surface area (Å²) in [7, 11) is 1.55. The Morgan fingerprint density at radius 1 is 0.786 bits per heavy atom. The zero-order chi connectivity index (χ0) is 29.9. The number of carboxylic acid groups (broad SMARTS) is 1. The molecule has 4 aromatic carbocycles. The number of carbonyl (C=O) groups excluding carboxylic acids is 3. The molecule has 42 heavy (non-hydrogen) atoms. The highest BCUT2D eigenvalue weighted by Crippen LogP contribution is 2.22. The topological polar surface area (TPSA) is 134 Å². The van der Waals surface area contributed by atoms with E-state index in [0.29, 0.717) is 28.3 Å². The van der Waals surface area contributed by atoms with Crippen LogP contribution >= 0.6 is 11.8 Å². The van der Waals surface area contributed by atoms with Gasteiger partial charge < -0.3 is 25.8 Å². The van der Waals surface area contributed by atoms with Gasteiger partial charge in [0.15, 0.2) is 0 Å². The van der Waals surface area contributed by atoms with Gasteiger partial charge in [-0.1, -0.05) is 30.3 Å². The lowest BCUT2D eigenvalue weighted by molar-refractivity contribution is -0.114. The quantitative estimate of drug-likeness (QED) is 0.135. The molecule has 0 aliphatic rings. The number of thioether (sulfide) groups is 1. The largest absolute Gasteiger partial charge is 0.497 e. The normalized spacial score (nSPS) is 10.8. The van der Waals surface area contributed by atoms with Gasteiger partial charge in [-0.15, -0.1) is 11.8 Å². The highest BCUT2D eigenvalue weighted by molar-refractivity contribution is 8.00. The molecule has 10 heteroatoms. The number of carbonyl (C=O) groups is 4. The summed E-state index contributed by atoms with van der Waals surface area (Å²) in [5.41, 5.74) is 2.25. The number of nitrogens with one attached hydrogen (secondary N) is 3. The Morgan fingerprint density at radius 2 is 1.45 bits per heavy atom. The average Bonchev–Trinajstić information content (AvgIpc) is 3.01. The van der Waals surface area contributed by atoms with E-state index in [-0.39, 0.29) is 22.9 Å². The fourth-order valence-electron chi connectivity index (χ4n) is 3.72. The Balaban J connectivity index is 1.39. The molecule has 0 bridgehead atoms. The van der Waals surface area contributed by atoms with Crippen molar-refractivity contribution < 1.29 is 29.0 Å². The SMILES string of the molecule is COc1cccc(/C=C(\NC(=O)c2ccccc2)C(=O)Nc2ccc(SCC(=O)Nc3ccc(C(=O)O)cc3)cc2)c1. The molecule has 0 radical (unpaired) electrons. The molecule has 9 nitrogen and oxygen atoms in total. The number of carboxylic acids is 1. The van der Waals surface area contributed by atoms with Gasteiger partial charge in [-0.2, -0.15) is 0 Å². The van der Waals surface area contributed by atoms with E-state index in [1.165, 1.54) is 36.0 Å². The van der Waals surface area contributed by atoms with Gasteiger partial charge in [0.25, 0.3) is 11.8 Å². The van der Waals surface area contributed by atoms with Gasteiger partial charge in [0.2, 0.25) is 5.91 Å². The van der Waals surface area contributed by atoms with Crippen LogP contribution in [-0.2, 0) is 9.59 Å². The average molecular weight is 582 g/mol. The summed E-state index contributed by atoms with van der Waals surface area (Å²) in [6.07, 6.45) is 1.57. The highest BCUT2D eigenvalue weighted by Gasteiger charge is 2.15. The molecular formula is C32H27N3O6S. The van der Waals surface area contributed by atoms with Crippen LogP contribution in [0.3, 0.4) is 0 Å². The first-order chi connectivity index (χ1) is 20.3. The standard InChI is InChI=1S/C32H27N3O6S/c1-41-26-9-5-6-21(18-26)19-28(35-30(37)22-7-3-2-4-8-22)31(38)34-25-14-16-27(17-15-25)42-20-29(36)33-24-12-10-23(11-13-24)32(39)40/h2-19H,20H2,1H3,(H,33,36)(H,34,38)(H,35,37)(H,39,40)/b28-19-. The lowest BCUT2D eigenvalue weighted by Gasteiger charge is -2.12. The number of aromatic carboxylic acids is 1. The number of amides is 3. The lowest BCUT2D eigenvalue weighted by Crippen LogP contribution is -2.30. The summed E-state index contributed by atoms with van der Waals surface area (Å²) in [5.74, 6) is -1.49. The van der Waals surface area contributed by atoms with Crippen LogP contribution in [0.4, 0.5) is 11.4 Å². The van der Waals surface area contributed by atoms with E-state index in [1.807, 2.05) is 0 Å². The van der Waals surface area contributed by atoms with Crippen molar-refractivity contribution in [3.05, 3.63) is 126 Å². The molecule has 0 saturated carbocycles. The molecule has 4 rings (SSSR count). The number of ether oxygens (including phenoxy) is 1. The highest BCUT2D eigenvalue weighted by atomic mass is 32.2. The van der Waals surface area contributed by atoms with Crippen LogP contribution in [0, 0.1) is 0 Å². The summed E-state index contributed by atoms with van der Waals surface area (Å²) in [4.78, 5) is 50.2. The third-order valence-corrected chi connectivity index (χ3v) is 6.84. The lowest BCUT2D eigenvalue weighted by atomic mass is 10.1. The van der Waals surface area contributed by atoms with Crippen LogP contribution in [0.25, 0.3) is 6.08 Å². The van der Waals surface area contributed by atoms with Crippen LogP contribution < -0.4 is 20.7 Å². The van der Waals surface area contributed by atoms with Crippen LogP contribution in [0.5, 0.6) is 5.75 Å². The molecule has 0 aliphatic carbocycles. The third kappa shape index (κ3) is 8.57. The molecule has 4 N–H and O–H groups in total. The molecule has 0 heterocycles. The summed E-state index contributed by atoms with van der Waals surface area (Å²) in [6.45, 7) is 0. The molecule has 0 fully saturated rings. The van der Waals surface area contributed by atoms with Crippen molar-refractivity contribution in [2.45, 2.75) is 4.90 Å². The molecule has 0 aliphatic heterocycles. The van der Waals surface area contributed by atoms with Crippen molar-refractivity contribution in [2.24, 2.45) is 0 Å². The maximum atomic E-state index is 13.3. The summed E-state index contributed by atoms with van der Waals surface area (Å²) < 4.78 is 5.27. The number of rotatable bonds is 11. The van der Waals surface area contributed by atoms with Gasteiger partial charge in [0.1, 0.15) is 11.4 Å². The van der Waals surface area contributed by atoms with E-state index < -0.39 is 17.8 Å². The van der Waals surface area contributed by atoms with Crippen molar-refractivity contribution in [2.75, 3.05) is 23.5 Å². The summed E-state index contributed by atoms with van der Waals surface area (Å²) in [6, 6.07) is 28.5. The minimum atomic E-state index is -1.04. The molecule has 3 amide bonds. The predicted molar refractivity (Wildman–Crippen MR) is 163 cm³/mol. The fraction of sp³-hybridized carbons (Fsp3) is 0.0625. The van der Waals surface area contributed by atoms with Gasteiger partial charge in [-0.05, 0) is 84.4 Å². The molecule has 0 spiro atoms. The second kappa shape index (κ2) is 14.3. The first-order valence-electron chi connectivity index (χ1n) is 12.7. The van der Waals surface area contributed by atoms with E-state index in [9.17, 15) is 19.2 Å². The number of methoxy groups -OCH3 is 1. The fourth-order valence-corrected chi connectivity index (χ4v) is 4.41. The predicted octanol–water partition coefficient (Wildman–Crippen LogP) is 5.53. The molecule has 4 aromatic rings. The Morgan fingerprint density at radius 3 is 2.12 bits per heavy atom. The van der Waals surface area contributed by atoms with Crippen molar-refractivity contribution in [3.63, 3.8) is 0 Å². The van der Waals surface area contributed by atoms with E-state index >= 15 is 0 Å². The van der Waals surface area contributed by atoms with Crippen LogP contribution in [0.2, 0.25) is 0 Å². The zero-order valence-corrected chi connectivity index (χ0v) is 23.3. The Kier molecular flexibility index (Phi) is 10.1. The second-order valence-electron chi connectivity index (χ2n) is 8.85. The van der Waals surface area contributed by atoms with E-state index in [0.717, 1.165) is 4.90 Å². The van der Waals surface area contributed by atoms with Crippen molar-refractivity contribution in [1.29, 1.82) is 0 Å². The Hall–Kier alpha value is -5.35. The van der Waals surface area contributed by atoms with Gasteiger partial charge in [0, 0.05) is 21.8 Å². The van der Waals surface area contributed by atoms with E-state index in [4.69, 9.17) is 9.84 Å². The summed E-state index contributed by atoms with van der Waals surface area (Å²) in [5, 5.41) is 17.2. The van der Waals surface area contributed by atoms with Gasteiger partial charge >= 0.3 is 5.97 Å². The van der Waals surface area contributed by atoms with E-state index in [1.54, 1.807) is 92.0 Å². The van der Waals surface area contributed by atoms with Crippen molar-refractivity contribution in [3.8, 4) is 5.75 Å². The first-order valence-corrected chi connectivity index (χ1v) is 13.7. The molecule has 0 aromatic heterocycles. The van der Waals surface area contributed by atoms with Crippen molar-refractivity contribution >= 4 is 52.9 Å². The zero-order valence-electron chi connectivity index (χ0n) is 22.5. The van der Waals surface area contributed by atoms with Crippen LogP contribution in [0.1, 0.15) is 26.3 Å². The van der Waals surface area contributed by atoms with Gasteiger partial charge in [0.05, 0.1) is 18.4 Å². The molecule has 0 unspecified atom stereocenters. The molecular weight excluding hydrogens is 554 g/mol. The smallest absolute Gasteiger partial charge is 0.335 e. The van der Waals surface area contributed by atoms with Crippen LogP contribution in [-0.4, -0.2) is 41.7 Å². The third-order valence-electron chi connectivity index (χ3n) is 5.83. The van der Waals surface area contributed by atoms with Gasteiger partial charge in [-0.3, -0.25) is 14.4 Å². The number of benzene rings is 4. The van der Waals surface area contributed by atoms with Crippen LogP contribution in [0.15, 0.2) is 114 Å². The second-order valence-corrected chi connectivity index (χ2v) is 9.90. The van der Waals surface area contributed by atoms with Gasteiger partial charge in [-0.25, -0.2) is 4.79 Å². The van der Waals surface area contributed by atoms with Crippen molar-refractivity contribution in [1.82, 2.24) is 5.32 Å². The monoisotopic (exact) mass is 581 g/mol. The number of hydrogen-bond acceptors (Lipinski definition) is 6. The summed E-state index contributed by atoms with van der Waals surface area (Å²) >= 11 is 1.30. The molecule has 0 atom stereocenters. The minimum Gasteiger partial charge on any atom is -0.497 e. The maximum absolute atomic E-state index is 13.3. The first kappa shape index (κ1) is 29.6. The molecule has 0 saturated heterocycles. The Labute approximate surface area is 246 Å². The minimum absolute atomic E-state index is 0.0450. The number of hydrogen-bond donors (Lipinski definition) is 4. The molecule has 212 valence electrons. The number of anilines is 2. The maximum Gasteiger partial charge on any atom is 0.335 e. The Bertz CT molecular complexity index is 1600. The van der Waals surface area contributed by atoms with E-state index in [2.05, 4.69) is 16.0 Å².